The lowest BCUT2D eigenvalue weighted by Gasteiger charge is -2.17. The summed E-state index contributed by atoms with van der Waals surface area (Å²) < 4.78 is 1.69. The van der Waals surface area contributed by atoms with E-state index < -0.39 is 6.04 Å². The van der Waals surface area contributed by atoms with Crippen LogP contribution in [0, 0.1) is 0 Å². The second kappa shape index (κ2) is 11.1. The fraction of sp³-hybridized carbons (Fsp3) is 0.412. The zero-order chi connectivity index (χ0) is 16.8. The van der Waals surface area contributed by atoms with E-state index in [1.807, 2.05) is 39.5 Å². The van der Waals surface area contributed by atoms with Crippen LogP contribution in [0.25, 0.3) is 0 Å². The highest BCUT2D eigenvalue weighted by Gasteiger charge is 2.20. The molecule has 0 aliphatic carbocycles. The fourth-order valence-corrected chi connectivity index (χ4v) is 2.55. The average Bonchev–Trinajstić information content (AvgIpc) is 2.93. The molecule has 2 aromatic rings. The van der Waals surface area contributed by atoms with Crippen molar-refractivity contribution in [2.75, 3.05) is 21.1 Å². The first-order valence-corrected chi connectivity index (χ1v) is 7.66. The van der Waals surface area contributed by atoms with Gasteiger partial charge in [0.15, 0.2) is 0 Å². The van der Waals surface area contributed by atoms with Gasteiger partial charge in [0.25, 0.3) is 0 Å². The quantitative estimate of drug-likeness (QED) is 0.761. The van der Waals surface area contributed by atoms with Crippen molar-refractivity contribution < 1.29 is 4.79 Å². The van der Waals surface area contributed by atoms with E-state index in [2.05, 4.69) is 32.8 Å². The standard InChI is InChI=1S/C17H25N5O.2ClH/c1-18-16(15-10-20-22(4)12-15)17(23)19-9-13-7-5-6-8-14(13)11-21(2)3;;/h5-8,10,12,16,18H,9,11H2,1-4H3,(H,19,23);2*1H. The van der Waals surface area contributed by atoms with Crippen LogP contribution in [-0.2, 0) is 24.9 Å². The first kappa shape index (κ1) is 23.4. The molecular weight excluding hydrogens is 361 g/mol. The molecule has 1 atom stereocenters. The molecule has 6 nitrogen and oxygen atoms in total. The van der Waals surface area contributed by atoms with Crippen molar-refractivity contribution in [2.45, 2.75) is 19.1 Å². The minimum absolute atomic E-state index is 0. The normalized spacial score (nSPS) is 11.4. The maximum Gasteiger partial charge on any atom is 0.242 e. The summed E-state index contributed by atoms with van der Waals surface area (Å²) in [5, 5.41) is 10.2. The van der Waals surface area contributed by atoms with E-state index in [0.717, 1.165) is 17.7 Å². The van der Waals surface area contributed by atoms with Crippen LogP contribution in [0.4, 0.5) is 0 Å². The number of carbonyl (C=O) groups excluding carboxylic acids is 1. The fourth-order valence-electron chi connectivity index (χ4n) is 2.55. The Morgan fingerprint density at radius 3 is 2.40 bits per heavy atom. The summed E-state index contributed by atoms with van der Waals surface area (Å²) in [7, 11) is 7.69. The number of hydrogen-bond acceptors (Lipinski definition) is 4. The van der Waals surface area contributed by atoms with Crippen molar-refractivity contribution in [2.24, 2.45) is 7.05 Å². The lowest BCUT2D eigenvalue weighted by molar-refractivity contribution is -0.123. The summed E-state index contributed by atoms with van der Waals surface area (Å²) in [6.45, 7) is 1.37. The van der Waals surface area contributed by atoms with E-state index in [-0.39, 0.29) is 30.7 Å². The second-order valence-corrected chi connectivity index (χ2v) is 5.89. The number of amides is 1. The Morgan fingerprint density at radius 2 is 1.88 bits per heavy atom. The maximum atomic E-state index is 12.5. The summed E-state index contributed by atoms with van der Waals surface area (Å²) in [6, 6.07) is 7.77. The maximum absolute atomic E-state index is 12.5. The minimum atomic E-state index is -0.398. The van der Waals surface area contributed by atoms with Crippen LogP contribution >= 0.6 is 24.8 Å². The van der Waals surface area contributed by atoms with Gasteiger partial charge >= 0.3 is 0 Å². The number of halogens is 2. The Labute approximate surface area is 161 Å². The van der Waals surface area contributed by atoms with Crippen LogP contribution < -0.4 is 10.6 Å². The van der Waals surface area contributed by atoms with Gasteiger partial charge in [0.1, 0.15) is 6.04 Å². The van der Waals surface area contributed by atoms with Crippen LogP contribution in [0.5, 0.6) is 0 Å². The van der Waals surface area contributed by atoms with Crippen molar-refractivity contribution in [3.63, 3.8) is 0 Å². The molecule has 1 unspecified atom stereocenters. The van der Waals surface area contributed by atoms with Crippen LogP contribution in [0.3, 0.4) is 0 Å². The van der Waals surface area contributed by atoms with Gasteiger partial charge in [0.2, 0.25) is 5.91 Å². The third-order valence-corrected chi connectivity index (χ3v) is 3.67. The number of likely N-dealkylation sites (N-methyl/N-ethyl adjacent to an activating group) is 1. The molecule has 2 N–H and O–H groups in total. The highest BCUT2D eigenvalue weighted by atomic mass is 35.5. The molecule has 1 heterocycles. The molecular formula is C17H27Cl2N5O. The Bertz CT molecular complexity index is 660. The Balaban J connectivity index is 0.00000288. The number of aryl methyl sites for hydroxylation is 1. The lowest BCUT2D eigenvalue weighted by Crippen LogP contribution is -2.35. The molecule has 25 heavy (non-hydrogen) atoms. The number of aromatic nitrogens is 2. The highest BCUT2D eigenvalue weighted by Crippen LogP contribution is 2.13. The van der Waals surface area contributed by atoms with Crippen molar-refractivity contribution in [1.82, 2.24) is 25.3 Å². The van der Waals surface area contributed by atoms with Gasteiger partial charge in [-0.2, -0.15) is 5.10 Å². The van der Waals surface area contributed by atoms with Crippen LogP contribution in [0.15, 0.2) is 36.7 Å². The topological polar surface area (TPSA) is 62.2 Å². The molecule has 0 bridgehead atoms. The predicted molar refractivity (Wildman–Crippen MR) is 105 cm³/mol. The van der Waals surface area contributed by atoms with Crippen molar-refractivity contribution in [1.29, 1.82) is 0 Å². The molecule has 0 saturated heterocycles. The molecule has 2 rings (SSSR count). The third-order valence-electron chi connectivity index (χ3n) is 3.67. The third kappa shape index (κ3) is 6.66. The van der Waals surface area contributed by atoms with Gasteiger partial charge < -0.3 is 15.5 Å². The number of rotatable bonds is 7. The molecule has 8 heteroatoms. The van der Waals surface area contributed by atoms with Gasteiger partial charge in [-0.1, -0.05) is 24.3 Å². The van der Waals surface area contributed by atoms with Gasteiger partial charge in [0.05, 0.1) is 6.20 Å². The van der Waals surface area contributed by atoms with E-state index in [1.165, 1.54) is 5.56 Å². The molecule has 1 aromatic heterocycles. The van der Waals surface area contributed by atoms with Crippen LogP contribution in [0.1, 0.15) is 22.7 Å². The van der Waals surface area contributed by atoms with E-state index in [9.17, 15) is 4.79 Å². The Morgan fingerprint density at radius 1 is 1.24 bits per heavy atom. The van der Waals surface area contributed by atoms with Gasteiger partial charge in [-0.05, 0) is 32.3 Å². The second-order valence-electron chi connectivity index (χ2n) is 5.89. The molecule has 0 aliphatic heterocycles. The van der Waals surface area contributed by atoms with Crippen molar-refractivity contribution >= 4 is 30.7 Å². The summed E-state index contributed by atoms with van der Waals surface area (Å²) >= 11 is 0. The first-order chi connectivity index (χ1) is 11.0. The SMILES string of the molecule is CNC(C(=O)NCc1ccccc1CN(C)C)c1cnn(C)c1.Cl.Cl. The summed E-state index contributed by atoms with van der Waals surface area (Å²) in [5.74, 6) is -0.0554. The Kier molecular flexibility index (Phi) is 10.4. The molecule has 0 aliphatic rings. The number of nitrogens with one attached hydrogen (secondary N) is 2. The monoisotopic (exact) mass is 387 g/mol. The van der Waals surface area contributed by atoms with Gasteiger partial charge in [-0.25, -0.2) is 0 Å². The number of nitrogens with zero attached hydrogens (tertiary/aromatic N) is 3. The number of benzene rings is 1. The molecule has 0 saturated carbocycles. The lowest BCUT2D eigenvalue weighted by atomic mass is 10.1. The molecule has 0 fully saturated rings. The predicted octanol–water partition coefficient (Wildman–Crippen LogP) is 1.90. The Hall–Kier alpha value is -1.60. The van der Waals surface area contributed by atoms with E-state index in [1.54, 1.807) is 17.9 Å². The number of hydrogen-bond donors (Lipinski definition) is 2. The molecule has 0 radical (unpaired) electrons. The molecule has 1 aromatic carbocycles. The average molecular weight is 388 g/mol. The summed E-state index contributed by atoms with van der Waals surface area (Å²) in [4.78, 5) is 14.6. The summed E-state index contributed by atoms with van der Waals surface area (Å²) in [6.07, 6.45) is 3.56. The van der Waals surface area contributed by atoms with Crippen molar-refractivity contribution in [3.8, 4) is 0 Å². The highest BCUT2D eigenvalue weighted by molar-refractivity contribution is 5.85. The van der Waals surface area contributed by atoms with E-state index in [4.69, 9.17) is 0 Å². The van der Waals surface area contributed by atoms with Gasteiger partial charge in [-0.15, -0.1) is 24.8 Å². The smallest absolute Gasteiger partial charge is 0.242 e. The van der Waals surface area contributed by atoms with Gasteiger partial charge in [-0.3, -0.25) is 9.48 Å². The zero-order valence-corrected chi connectivity index (χ0v) is 16.7. The largest absolute Gasteiger partial charge is 0.350 e. The molecule has 1 amide bonds. The first-order valence-electron chi connectivity index (χ1n) is 7.66. The zero-order valence-electron chi connectivity index (χ0n) is 15.0. The van der Waals surface area contributed by atoms with Gasteiger partial charge in [0, 0.05) is 31.9 Å². The number of carbonyl (C=O) groups is 1. The molecule has 0 spiro atoms. The van der Waals surface area contributed by atoms with E-state index >= 15 is 0 Å². The van der Waals surface area contributed by atoms with Crippen molar-refractivity contribution in [3.05, 3.63) is 53.3 Å². The van der Waals surface area contributed by atoms with Crippen LogP contribution in [-0.4, -0.2) is 41.7 Å². The minimum Gasteiger partial charge on any atom is -0.350 e. The van der Waals surface area contributed by atoms with Crippen LogP contribution in [0.2, 0.25) is 0 Å². The van der Waals surface area contributed by atoms with E-state index in [0.29, 0.717) is 6.54 Å². The molecule has 140 valence electrons. The summed E-state index contributed by atoms with van der Waals surface area (Å²) in [5.41, 5.74) is 3.21.